The van der Waals surface area contributed by atoms with Crippen molar-refractivity contribution in [1.82, 2.24) is 0 Å². The van der Waals surface area contributed by atoms with E-state index >= 15 is 0 Å². The van der Waals surface area contributed by atoms with Gasteiger partial charge in [-0.1, -0.05) is 44.8 Å². The number of halogens is 2. The number of anilines is 2. The molecule has 0 heterocycles. The zero-order valence-corrected chi connectivity index (χ0v) is 12.3. The zero-order valence-electron chi connectivity index (χ0n) is 9.19. The fourth-order valence-electron chi connectivity index (χ4n) is 1.24. The molecular formula is C12H10Cl2N2S2. The van der Waals surface area contributed by atoms with Crippen LogP contribution in [0.1, 0.15) is 0 Å². The molecule has 0 spiro atoms. The lowest BCUT2D eigenvalue weighted by Crippen LogP contribution is -1.86. The molecule has 0 amide bonds. The van der Waals surface area contributed by atoms with Crippen LogP contribution in [0.2, 0.25) is 10.0 Å². The van der Waals surface area contributed by atoms with Gasteiger partial charge in [-0.25, -0.2) is 0 Å². The number of rotatable bonds is 3. The summed E-state index contributed by atoms with van der Waals surface area (Å²) in [4.78, 5) is 2.07. The zero-order chi connectivity index (χ0) is 13.1. The van der Waals surface area contributed by atoms with E-state index in [4.69, 9.17) is 34.7 Å². The summed E-state index contributed by atoms with van der Waals surface area (Å²) in [6, 6.07) is 11.1. The number of hydrogen-bond acceptors (Lipinski definition) is 4. The molecule has 0 fully saturated rings. The second kappa shape index (κ2) is 5.97. The fraction of sp³-hybridized carbons (Fsp3) is 0. The van der Waals surface area contributed by atoms with Gasteiger partial charge < -0.3 is 11.5 Å². The molecule has 94 valence electrons. The van der Waals surface area contributed by atoms with Crippen molar-refractivity contribution in [3.63, 3.8) is 0 Å². The summed E-state index contributed by atoms with van der Waals surface area (Å²) >= 11 is 11.7. The van der Waals surface area contributed by atoms with E-state index in [0.29, 0.717) is 21.4 Å². The van der Waals surface area contributed by atoms with Crippen molar-refractivity contribution in [3.8, 4) is 0 Å². The third kappa shape index (κ3) is 3.42. The second-order valence-electron chi connectivity index (χ2n) is 3.53. The van der Waals surface area contributed by atoms with Crippen LogP contribution >= 0.6 is 44.8 Å². The van der Waals surface area contributed by atoms with E-state index in [9.17, 15) is 0 Å². The lowest BCUT2D eigenvalue weighted by atomic mass is 10.3. The average molecular weight is 317 g/mol. The number of hydrogen-bond donors (Lipinski definition) is 2. The molecule has 0 unspecified atom stereocenters. The topological polar surface area (TPSA) is 52.0 Å². The minimum absolute atomic E-state index is 0.570. The lowest BCUT2D eigenvalue weighted by Gasteiger charge is -2.05. The Morgan fingerprint density at radius 1 is 0.722 bits per heavy atom. The molecule has 0 atom stereocenters. The van der Waals surface area contributed by atoms with E-state index in [2.05, 4.69) is 0 Å². The van der Waals surface area contributed by atoms with Crippen LogP contribution in [0, 0.1) is 0 Å². The van der Waals surface area contributed by atoms with Gasteiger partial charge in [0.05, 0.1) is 21.4 Å². The second-order valence-corrected chi connectivity index (χ2v) is 6.62. The van der Waals surface area contributed by atoms with Crippen molar-refractivity contribution in [3.05, 3.63) is 46.4 Å². The Morgan fingerprint density at radius 2 is 1.11 bits per heavy atom. The highest BCUT2D eigenvalue weighted by Crippen LogP contribution is 2.40. The molecule has 0 radical (unpaired) electrons. The molecule has 0 bridgehead atoms. The molecule has 0 aliphatic heterocycles. The third-order valence-corrected chi connectivity index (χ3v) is 5.24. The summed E-state index contributed by atoms with van der Waals surface area (Å²) in [5, 5.41) is 1.14. The van der Waals surface area contributed by atoms with Crippen molar-refractivity contribution < 1.29 is 0 Å². The highest BCUT2D eigenvalue weighted by atomic mass is 35.5. The fourth-order valence-corrected chi connectivity index (χ4v) is 3.47. The van der Waals surface area contributed by atoms with E-state index in [1.807, 2.05) is 24.3 Å². The van der Waals surface area contributed by atoms with Gasteiger partial charge in [-0.05, 0) is 36.4 Å². The maximum Gasteiger partial charge on any atom is 0.0636 e. The van der Waals surface area contributed by atoms with Crippen molar-refractivity contribution in [2.75, 3.05) is 11.5 Å². The summed E-state index contributed by atoms with van der Waals surface area (Å²) in [7, 11) is 3.18. The first kappa shape index (κ1) is 13.7. The van der Waals surface area contributed by atoms with Gasteiger partial charge in [0, 0.05) is 9.79 Å². The number of benzene rings is 2. The van der Waals surface area contributed by atoms with Crippen LogP contribution in [0.25, 0.3) is 0 Å². The minimum Gasteiger partial charge on any atom is -0.397 e. The highest BCUT2D eigenvalue weighted by Gasteiger charge is 2.03. The van der Waals surface area contributed by atoms with Crippen LogP contribution < -0.4 is 11.5 Å². The first-order valence-electron chi connectivity index (χ1n) is 5.01. The Morgan fingerprint density at radius 3 is 1.44 bits per heavy atom. The van der Waals surface area contributed by atoms with Crippen LogP contribution in [0.5, 0.6) is 0 Å². The van der Waals surface area contributed by atoms with E-state index < -0.39 is 0 Å². The molecular weight excluding hydrogens is 307 g/mol. The van der Waals surface area contributed by atoms with E-state index in [1.54, 1.807) is 33.7 Å². The predicted molar refractivity (Wildman–Crippen MR) is 83.4 cm³/mol. The maximum atomic E-state index is 5.86. The molecule has 2 nitrogen and oxygen atoms in total. The summed E-state index contributed by atoms with van der Waals surface area (Å²) in [6.07, 6.45) is 0. The highest BCUT2D eigenvalue weighted by molar-refractivity contribution is 8.76. The average Bonchev–Trinajstić information content (AvgIpc) is 2.35. The van der Waals surface area contributed by atoms with Crippen molar-refractivity contribution in [2.24, 2.45) is 0 Å². The number of nitrogens with two attached hydrogens (primary N) is 2. The third-order valence-electron chi connectivity index (χ3n) is 2.17. The Labute approximate surface area is 123 Å². The van der Waals surface area contributed by atoms with Gasteiger partial charge in [-0.3, -0.25) is 0 Å². The summed E-state index contributed by atoms with van der Waals surface area (Å²) < 4.78 is 0. The predicted octanol–water partition coefficient (Wildman–Crippen LogP) is 4.96. The largest absolute Gasteiger partial charge is 0.397 e. The van der Waals surface area contributed by atoms with Gasteiger partial charge in [0.15, 0.2) is 0 Å². The molecule has 0 aliphatic rings. The molecule has 2 aromatic rings. The summed E-state index contributed by atoms with van der Waals surface area (Å²) in [5.74, 6) is 0. The van der Waals surface area contributed by atoms with Gasteiger partial charge in [-0.15, -0.1) is 0 Å². The summed E-state index contributed by atoms with van der Waals surface area (Å²) in [6.45, 7) is 0. The smallest absolute Gasteiger partial charge is 0.0636 e. The Kier molecular flexibility index (Phi) is 4.56. The molecule has 6 heteroatoms. The molecule has 18 heavy (non-hydrogen) atoms. The van der Waals surface area contributed by atoms with Crippen molar-refractivity contribution in [2.45, 2.75) is 9.79 Å². The SMILES string of the molecule is Nc1cc(SSc2ccc(Cl)c(N)c2)ccc1Cl. The van der Waals surface area contributed by atoms with Gasteiger partial charge in [-0.2, -0.15) is 0 Å². The Bertz CT molecular complexity index is 524. The Hall–Kier alpha value is -0.680. The number of nitrogen functional groups attached to an aromatic ring is 2. The standard InChI is InChI=1S/C12H10Cl2N2S2/c13-9-3-1-7(5-11(9)15)17-18-8-2-4-10(14)12(16)6-8/h1-6H,15-16H2. The molecule has 2 rings (SSSR count). The molecule has 4 N–H and O–H groups in total. The van der Waals surface area contributed by atoms with Crippen LogP contribution in [-0.2, 0) is 0 Å². The molecule has 0 aliphatic carbocycles. The monoisotopic (exact) mass is 316 g/mol. The van der Waals surface area contributed by atoms with Crippen molar-refractivity contribution in [1.29, 1.82) is 0 Å². The van der Waals surface area contributed by atoms with E-state index in [0.717, 1.165) is 9.79 Å². The first-order chi connectivity index (χ1) is 8.56. The molecule has 0 saturated carbocycles. The quantitative estimate of drug-likeness (QED) is 0.621. The van der Waals surface area contributed by atoms with Crippen LogP contribution in [0.4, 0.5) is 11.4 Å². The van der Waals surface area contributed by atoms with Crippen LogP contribution in [-0.4, -0.2) is 0 Å². The van der Waals surface area contributed by atoms with Gasteiger partial charge in [0.2, 0.25) is 0 Å². The van der Waals surface area contributed by atoms with Crippen LogP contribution in [0.3, 0.4) is 0 Å². The molecule has 0 saturated heterocycles. The Balaban J connectivity index is 2.06. The van der Waals surface area contributed by atoms with Gasteiger partial charge in [0.25, 0.3) is 0 Å². The van der Waals surface area contributed by atoms with E-state index in [1.165, 1.54) is 0 Å². The van der Waals surface area contributed by atoms with Crippen molar-refractivity contribution >= 4 is 56.2 Å². The normalized spacial score (nSPS) is 10.6. The van der Waals surface area contributed by atoms with Gasteiger partial charge in [0.1, 0.15) is 0 Å². The van der Waals surface area contributed by atoms with E-state index in [-0.39, 0.29) is 0 Å². The molecule has 2 aromatic carbocycles. The lowest BCUT2D eigenvalue weighted by molar-refractivity contribution is 1.46. The molecule has 0 aromatic heterocycles. The van der Waals surface area contributed by atoms with Crippen LogP contribution in [0.15, 0.2) is 46.2 Å². The minimum atomic E-state index is 0.570. The maximum absolute atomic E-state index is 5.86. The van der Waals surface area contributed by atoms with Gasteiger partial charge >= 0.3 is 0 Å². The summed E-state index contributed by atoms with van der Waals surface area (Å²) in [5.41, 5.74) is 12.6. The first-order valence-corrected chi connectivity index (χ1v) is 7.91.